The quantitative estimate of drug-likeness (QED) is 0.713. The smallest absolute Gasteiger partial charge is 0.186 e. The van der Waals surface area contributed by atoms with Gasteiger partial charge in [-0.3, -0.25) is 9.69 Å². The van der Waals surface area contributed by atoms with Gasteiger partial charge in [-0.2, -0.15) is 0 Å². The van der Waals surface area contributed by atoms with Crippen molar-refractivity contribution < 1.29 is 4.79 Å². The van der Waals surface area contributed by atoms with Crippen LogP contribution in [0.2, 0.25) is 0 Å². The van der Waals surface area contributed by atoms with Gasteiger partial charge in [0.1, 0.15) is 0 Å². The van der Waals surface area contributed by atoms with E-state index in [4.69, 9.17) is 0 Å². The largest absolute Gasteiger partial charge is 0.293 e. The molecule has 1 unspecified atom stereocenters. The maximum atomic E-state index is 11.8. The van der Waals surface area contributed by atoms with Crippen LogP contribution < -0.4 is 0 Å². The topological polar surface area (TPSA) is 20.3 Å². The Balaban J connectivity index is 1.95. The molecule has 1 atom stereocenters. The normalized spacial score (nSPS) is 22.8. The summed E-state index contributed by atoms with van der Waals surface area (Å²) in [5, 5.41) is 1.96. The Morgan fingerprint density at radius 1 is 1.71 bits per heavy atom. The summed E-state index contributed by atoms with van der Waals surface area (Å²) < 4.78 is 0. The third kappa shape index (κ3) is 2.04. The molecule has 1 fully saturated rings. The van der Waals surface area contributed by atoms with Gasteiger partial charge in [0, 0.05) is 6.04 Å². The summed E-state index contributed by atoms with van der Waals surface area (Å²) in [6, 6.07) is 4.43. The second-order valence-electron chi connectivity index (χ2n) is 3.86. The average Bonchev–Trinajstić information content (AvgIpc) is 2.77. The van der Waals surface area contributed by atoms with Crippen molar-refractivity contribution in [2.75, 3.05) is 13.1 Å². The van der Waals surface area contributed by atoms with E-state index in [9.17, 15) is 4.79 Å². The van der Waals surface area contributed by atoms with E-state index in [2.05, 4.69) is 11.8 Å². The molecule has 0 saturated carbocycles. The van der Waals surface area contributed by atoms with E-state index in [0.29, 0.717) is 12.6 Å². The third-order valence-electron chi connectivity index (χ3n) is 2.83. The number of nitrogens with zero attached hydrogens (tertiary/aromatic N) is 1. The second-order valence-corrected chi connectivity index (χ2v) is 4.81. The number of hydrogen-bond acceptors (Lipinski definition) is 3. The molecule has 0 bridgehead atoms. The Morgan fingerprint density at radius 2 is 2.57 bits per heavy atom. The van der Waals surface area contributed by atoms with Crippen LogP contribution in [0.1, 0.15) is 29.4 Å². The van der Waals surface area contributed by atoms with Crippen LogP contribution in [0.3, 0.4) is 0 Å². The molecule has 1 aliphatic heterocycles. The van der Waals surface area contributed by atoms with Gasteiger partial charge in [-0.05, 0) is 37.8 Å². The molecule has 76 valence electrons. The van der Waals surface area contributed by atoms with Crippen molar-refractivity contribution in [3.63, 3.8) is 0 Å². The van der Waals surface area contributed by atoms with Crippen LogP contribution in [0.15, 0.2) is 17.5 Å². The lowest BCUT2D eigenvalue weighted by atomic mass is 10.2. The maximum absolute atomic E-state index is 11.8. The van der Waals surface area contributed by atoms with Crippen molar-refractivity contribution in [2.45, 2.75) is 25.8 Å². The minimum Gasteiger partial charge on any atom is -0.293 e. The number of ketones is 1. The molecule has 2 nitrogen and oxygen atoms in total. The highest BCUT2D eigenvalue weighted by Gasteiger charge is 2.22. The van der Waals surface area contributed by atoms with Gasteiger partial charge in [-0.15, -0.1) is 11.3 Å². The van der Waals surface area contributed by atoms with Gasteiger partial charge in [-0.1, -0.05) is 6.07 Å². The highest BCUT2D eigenvalue weighted by Crippen LogP contribution is 2.18. The Morgan fingerprint density at radius 3 is 3.14 bits per heavy atom. The Labute approximate surface area is 88.5 Å². The molecule has 3 heteroatoms. The van der Waals surface area contributed by atoms with Crippen molar-refractivity contribution in [2.24, 2.45) is 0 Å². The molecule has 0 spiro atoms. The molecule has 0 amide bonds. The summed E-state index contributed by atoms with van der Waals surface area (Å²) >= 11 is 1.54. The van der Waals surface area contributed by atoms with Crippen molar-refractivity contribution in [1.29, 1.82) is 0 Å². The fraction of sp³-hybridized carbons (Fsp3) is 0.545. The minimum absolute atomic E-state index is 0.272. The van der Waals surface area contributed by atoms with E-state index >= 15 is 0 Å². The molecule has 1 aromatic rings. The second kappa shape index (κ2) is 4.24. The molecule has 0 aliphatic carbocycles. The molecule has 2 heterocycles. The Bertz CT molecular complexity index is 307. The van der Waals surface area contributed by atoms with Crippen LogP contribution in [0.5, 0.6) is 0 Å². The Hall–Kier alpha value is -0.670. The standard InChI is InChI=1S/C11H15NOS/c1-9-4-2-6-12(9)8-10(13)11-5-3-7-14-11/h3,5,7,9H,2,4,6,8H2,1H3. The summed E-state index contributed by atoms with van der Waals surface area (Å²) in [5.74, 6) is 0.272. The van der Waals surface area contributed by atoms with Crippen LogP contribution in [0.25, 0.3) is 0 Å². The number of Topliss-reactive ketones (excluding diaryl/α,β-unsaturated/α-hetero) is 1. The predicted octanol–water partition coefficient (Wildman–Crippen LogP) is 2.42. The van der Waals surface area contributed by atoms with E-state index in [1.165, 1.54) is 24.2 Å². The molecular formula is C11H15NOS. The van der Waals surface area contributed by atoms with Gasteiger partial charge < -0.3 is 0 Å². The SMILES string of the molecule is CC1CCCN1CC(=O)c1cccs1. The number of rotatable bonds is 3. The van der Waals surface area contributed by atoms with Gasteiger partial charge in [0.2, 0.25) is 0 Å². The van der Waals surface area contributed by atoms with E-state index < -0.39 is 0 Å². The first-order valence-corrected chi connectivity index (χ1v) is 5.96. The summed E-state index contributed by atoms with van der Waals surface area (Å²) in [4.78, 5) is 14.9. The lowest BCUT2D eigenvalue weighted by Crippen LogP contribution is -2.32. The van der Waals surface area contributed by atoms with Crippen LogP contribution in [0.4, 0.5) is 0 Å². The van der Waals surface area contributed by atoms with Crippen molar-refractivity contribution in [3.8, 4) is 0 Å². The fourth-order valence-electron chi connectivity index (χ4n) is 1.93. The number of carbonyl (C=O) groups is 1. The first-order chi connectivity index (χ1) is 6.77. The first kappa shape index (κ1) is 9.87. The van der Waals surface area contributed by atoms with Crippen molar-refractivity contribution in [3.05, 3.63) is 22.4 Å². The molecule has 1 aromatic heterocycles. The highest BCUT2D eigenvalue weighted by molar-refractivity contribution is 7.12. The number of likely N-dealkylation sites (tertiary alicyclic amines) is 1. The van der Waals surface area contributed by atoms with Crippen LogP contribution in [0, 0.1) is 0 Å². The lowest BCUT2D eigenvalue weighted by Gasteiger charge is -2.19. The first-order valence-electron chi connectivity index (χ1n) is 5.08. The molecule has 0 N–H and O–H groups in total. The Kier molecular flexibility index (Phi) is 2.99. The molecule has 0 radical (unpaired) electrons. The summed E-state index contributed by atoms with van der Waals surface area (Å²) in [6.07, 6.45) is 2.47. The number of thiophene rings is 1. The highest BCUT2D eigenvalue weighted by atomic mass is 32.1. The zero-order chi connectivity index (χ0) is 9.97. The van der Waals surface area contributed by atoms with Crippen molar-refractivity contribution >= 4 is 17.1 Å². The van der Waals surface area contributed by atoms with Crippen molar-refractivity contribution in [1.82, 2.24) is 4.90 Å². The van der Waals surface area contributed by atoms with Gasteiger partial charge in [0.25, 0.3) is 0 Å². The van der Waals surface area contributed by atoms with Crippen LogP contribution in [-0.2, 0) is 0 Å². The lowest BCUT2D eigenvalue weighted by molar-refractivity contribution is 0.0930. The molecule has 1 aliphatic rings. The minimum atomic E-state index is 0.272. The van der Waals surface area contributed by atoms with E-state index in [0.717, 1.165) is 11.4 Å². The summed E-state index contributed by atoms with van der Waals surface area (Å²) in [7, 11) is 0. The van der Waals surface area contributed by atoms with Crippen LogP contribution >= 0.6 is 11.3 Å². The van der Waals surface area contributed by atoms with Gasteiger partial charge >= 0.3 is 0 Å². The summed E-state index contributed by atoms with van der Waals surface area (Å²) in [5.41, 5.74) is 0. The number of hydrogen-bond donors (Lipinski definition) is 0. The zero-order valence-corrected chi connectivity index (χ0v) is 9.22. The molecule has 1 saturated heterocycles. The predicted molar refractivity (Wildman–Crippen MR) is 58.9 cm³/mol. The van der Waals surface area contributed by atoms with E-state index in [1.54, 1.807) is 0 Å². The molecule has 0 aromatic carbocycles. The third-order valence-corrected chi connectivity index (χ3v) is 3.74. The van der Waals surface area contributed by atoms with Gasteiger partial charge in [-0.25, -0.2) is 0 Å². The average molecular weight is 209 g/mol. The monoisotopic (exact) mass is 209 g/mol. The maximum Gasteiger partial charge on any atom is 0.186 e. The molecular weight excluding hydrogens is 194 g/mol. The van der Waals surface area contributed by atoms with E-state index in [-0.39, 0.29) is 5.78 Å². The number of carbonyl (C=O) groups excluding carboxylic acids is 1. The molecule has 14 heavy (non-hydrogen) atoms. The zero-order valence-electron chi connectivity index (χ0n) is 8.40. The van der Waals surface area contributed by atoms with E-state index in [1.807, 2.05) is 17.5 Å². The van der Waals surface area contributed by atoms with Gasteiger partial charge in [0.15, 0.2) is 5.78 Å². The van der Waals surface area contributed by atoms with Crippen LogP contribution in [-0.4, -0.2) is 29.8 Å². The van der Waals surface area contributed by atoms with Gasteiger partial charge in [0.05, 0.1) is 11.4 Å². The fourth-order valence-corrected chi connectivity index (χ4v) is 2.58. The summed E-state index contributed by atoms with van der Waals surface area (Å²) in [6.45, 7) is 3.88. The molecule has 2 rings (SSSR count).